The lowest BCUT2D eigenvalue weighted by molar-refractivity contribution is -0.162. The average molecular weight is 266 g/mol. The fraction of sp³-hybridized carbons (Fsp3) is 0.800. The Morgan fingerprint density at radius 1 is 1.33 bits per heavy atom. The predicted molar refractivity (Wildman–Crippen MR) is 53.6 cm³/mol. The fourth-order valence-electron chi connectivity index (χ4n) is 2.37. The number of likely N-dealkylation sites (N-methyl/N-ethyl adjacent to an activating group) is 1. The van der Waals surface area contributed by atoms with E-state index in [0.717, 1.165) is 0 Å². The Morgan fingerprint density at radius 3 is 2.56 bits per heavy atom. The van der Waals surface area contributed by atoms with Gasteiger partial charge < -0.3 is 9.64 Å². The van der Waals surface area contributed by atoms with Crippen LogP contribution in [-0.4, -0.2) is 60.3 Å². The van der Waals surface area contributed by atoms with E-state index in [0.29, 0.717) is 0 Å². The number of ether oxygens (including phenoxy) is 1. The molecule has 2 fully saturated rings. The number of fused-ring (bicyclic) bond motifs is 1. The van der Waals surface area contributed by atoms with Gasteiger partial charge in [0, 0.05) is 6.54 Å². The molecule has 0 saturated carbocycles. The van der Waals surface area contributed by atoms with Crippen molar-refractivity contribution in [2.24, 2.45) is 5.92 Å². The number of rotatable bonds is 2. The number of carbonyl (C=O) groups excluding carboxylic acids is 2. The Morgan fingerprint density at radius 2 is 2.00 bits per heavy atom. The Hall–Kier alpha value is -1.31. The molecule has 2 saturated heterocycles. The van der Waals surface area contributed by atoms with E-state index in [1.165, 1.54) is 4.90 Å². The van der Waals surface area contributed by atoms with Crippen LogP contribution in [0.3, 0.4) is 0 Å². The van der Waals surface area contributed by atoms with Gasteiger partial charge in [0.15, 0.2) is 0 Å². The number of amides is 3. The molecule has 0 aromatic rings. The minimum Gasteiger partial charge on any atom is -0.378 e. The summed E-state index contributed by atoms with van der Waals surface area (Å²) in [7, 11) is 0. The van der Waals surface area contributed by atoms with Gasteiger partial charge in [0.2, 0.25) is 5.91 Å². The minimum absolute atomic E-state index is 0.0711. The van der Waals surface area contributed by atoms with Gasteiger partial charge in [0.05, 0.1) is 25.2 Å². The topological polar surface area (TPSA) is 49.9 Å². The zero-order valence-electron chi connectivity index (χ0n) is 9.74. The molecule has 2 aliphatic heterocycles. The zero-order valence-corrected chi connectivity index (χ0v) is 9.74. The summed E-state index contributed by atoms with van der Waals surface area (Å²) in [5.74, 6) is -1.46. The third-order valence-corrected chi connectivity index (χ3v) is 3.19. The highest BCUT2D eigenvalue weighted by Crippen LogP contribution is 2.30. The van der Waals surface area contributed by atoms with Crippen LogP contribution in [0.4, 0.5) is 18.0 Å². The van der Waals surface area contributed by atoms with Crippen molar-refractivity contribution in [3.8, 4) is 0 Å². The molecule has 102 valence electrons. The zero-order chi connectivity index (χ0) is 13.5. The number of halogens is 3. The second-order valence-corrected chi connectivity index (χ2v) is 4.32. The van der Waals surface area contributed by atoms with Crippen molar-refractivity contribution in [1.82, 2.24) is 9.80 Å². The third-order valence-electron chi connectivity index (χ3n) is 3.19. The van der Waals surface area contributed by atoms with Crippen molar-refractivity contribution in [1.29, 1.82) is 0 Å². The van der Waals surface area contributed by atoms with Crippen LogP contribution >= 0.6 is 0 Å². The molecule has 2 unspecified atom stereocenters. The van der Waals surface area contributed by atoms with Crippen molar-refractivity contribution in [3.05, 3.63) is 0 Å². The highest BCUT2D eigenvalue weighted by molar-refractivity contribution is 5.99. The maximum atomic E-state index is 12.4. The van der Waals surface area contributed by atoms with Crippen LogP contribution in [0, 0.1) is 5.92 Å². The standard InChI is InChI=1S/C10H13F3N2O3/c1-2-14-7-4-18-3-6(7)8(16)15(9(14)17)5-10(11,12)13/h6-7H,2-5H2,1H3. The van der Waals surface area contributed by atoms with E-state index < -0.39 is 36.6 Å². The van der Waals surface area contributed by atoms with Gasteiger partial charge in [-0.15, -0.1) is 0 Å². The van der Waals surface area contributed by atoms with Crippen LogP contribution in [-0.2, 0) is 9.53 Å². The van der Waals surface area contributed by atoms with E-state index in [1.807, 2.05) is 0 Å². The number of hydrogen-bond donors (Lipinski definition) is 0. The fourth-order valence-corrected chi connectivity index (χ4v) is 2.37. The molecule has 3 amide bonds. The number of urea groups is 1. The first-order valence-corrected chi connectivity index (χ1v) is 5.61. The Kier molecular flexibility index (Phi) is 3.22. The smallest absolute Gasteiger partial charge is 0.378 e. The first-order chi connectivity index (χ1) is 8.35. The van der Waals surface area contributed by atoms with Crippen molar-refractivity contribution in [2.75, 3.05) is 26.3 Å². The van der Waals surface area contributed by atoms with Gasteiger partial charge in [-0.05, 0) is 6.92 Å². The molecule has 0 aromatic carbocycles. The quantitative estimate of drug-likeness (QED) is 0.744. The first-order valence-electron chi connectivity index (χ1n) is 5.61. The summed E-state index contributed by atoms with van der Waals surface area (Å²) in [5.41, 5.74) is 0. The van der Waals surface area contributed by atoms with E-state index in [9.17, 15) is 22.8 Å². The van der Waals surface area contributed by atoms with E-state index in [1.54, 1.807) is 6.92 Å². The molecular formula is C10H13F3N2O3. The van der Waals surface area contributed by atoms with Crippen LogP contribution in [0.2, 0.25) is 0 Å². The molecule has 8 heteroatoms. The normalized spacial score (nSPS) is 28.9. The van der Waals surface area contributed by atoms with E-state index in [-0.39, 0.29) is 24.7 Å². The molecule has 2 aliphatic rings. The SMILES string of the molecule is CCN1C(=O)N(CC(F)(F)F)C(=O)C2COCC21. The summed E-state index contributed by atoms with van der Waals surface area (Å²) >= 11 is 0. The number of alkyl halides is 3. The number of imide groups is 1. The monoisotopic (exact) mass is 266 g/mol. The Labute approximate surface area is 101 Å². The molecule has 2 heterocycles. The van der Waals surface area contributed by atoms with Gasteiger partial charge in [-0.3, -0.25) is 9.69 Å². The van der Waals surface area contributed by atoms with Gasteiger partial charge in [0.25, 0.3) is 0 Å². The summed E-state index contributed by atoms with van der Waals surface area (Å²) < 4.78 is 42.2. The molecule has 18 heavy (non-hydrogen) atoms. The summed E-state index contributed by atoms with van der Waals surface area (Å²) in [6.07, 6.45) is -4.59. The molecule has 0 N–H and O–H groups in total. The molecule has 0 aliphatic carbocycles. The lowest BCUT2D eigenvalue weighted by Gasteiger charge is -2.40. The molecule has 0 bridgehead atoms. The van der Waals surface area contributed by atoms with Crippen molar-refractivity contribution in [3.63, 3.8) is 0 Å². The lowest BCUT2D eigenvalue weighted by Crippen LogP contribution is -2.62. The molecule has 5 nitrogen and oxygen atoms in total. The largest absolute Gasteiger partial charge is 0.406 e. The van der Waals surface area contributed by atoms with Gasteiger partial charge >= 0.3 is 12.2 Å². The molecule has 0 radical (unpaired) electrons. The number of carbonyl (C=O) groups is 2. The van der Waals surface area contributed by atoms with Crippen molar-refractivity contribution in [2.45, 2.75) is 19.1 Å². The second-order valence-electron chi connectivity index (χ2n) is 4.32. The average Bonchev–Trinajstić information content (AvgIpc) is 2.72. The van der Waals surface area contributed by atoms with E-state index >= 15 is 0 Å². The van der Waals surface area contributed by atoms with E-state index in [2.05, 4.69) is 0 Å². The number of nitrogens with zero attached hydrogens (tertiary/aromatic N) is 2. The third kappa shape index (κ3) is 2.16. The van der Waals surface area contributed by atoms with Crippen molar-refractivity contribution >= 4 is 11.9 Å². The van der Waals surface area contributed by atoms with Crippen LogP contribution < -0.4 is 0 Å². The predicted octanol–water partition coefficient (Wildman–Crippen LogP) is 0.848. The van der Waals surface area contributed by atoms with Gasteiger partial charge in [0.1, 0.15) is 6.54 Å². The summed E-state index contributed by atoms with van der Waals surface area (Å²) in [5, 5.41) is 0. The van der Waals surface area contributed by atoms with Crippen molar-refractivity contribution < 1.29 is 27.5 Å². The summed E-state index contributed by atoms with van der Waals surface area (Å²) in [6, 6.07) is -1.31. The van der Waals surface area contributed by atoms with Crippen LogP contribution in [0.1, 0.15) is 6.92 Å². The maximum Gasteiger partial charge on any atom is 0.406 e. The van der Waals surface area contributed by atoms with Gasteiger partial charge in [-0.25, -0.2) is 4.79 Å². The van der Waals surface area contributed by atoms with Gasteiger partial charge in [-0.1, -0.05) is 0 Å². The summed E-state index contributed by atoms with van der Waals surface area (Å²) in [4.78, 5) is 25.3. The highest BCUT2D eigenvalue weighted by Gasteiger charge is 2.51. The maximum absolute atomic E-state index is 12.4. The Bertz CT molecular complexity index is 372. The molecule has 2 atom stereocenters. The number of hydrogen-bond acceptors (Lipinski definition) is 3. The lowest BCUT2D eigenvalue weighted by atomic mass is 9.98. The first kappa shape index (κ1) is 13.1. The van der Waals surface area contributed by atoms with Crippen LogP contribution in [0.15, 0.2) is 0 Å². The molecule has 0 aromatic heterocycles. The van der Waals surface area contributed by atoms with E-state index in [4.69, 9.17) is 4.74 Å². The van der Waals surface area contributed by atoms with Crippen LogP contribution in [0.5, 0.6) is 0 Å². The molecule has 2 rings (SSSR count). The van der Waals surface area contributed by atoms with Crippen LogP contribution in [0.25, 0.3) is 0 Å². The highest BCUT2D eigenvalue weighted by atomic mass is 19.4. The second kappa shape index (κ2) is 4.42. The van der Waals surface area contributed by atoms with Gasteiger partial charge in [-0.2, -0.15) is 13.2 Å². The summed E-state index contributed by atoms with van der Waals surface area (Å²) in [6.45, 7) is 0.654. The minimum atomic E-state index is -4.59. The Balaban J connectivity index is 2.24. The molecular weight excluding hydrogens is 253 g/mol. The molecule has 0 spiro atoms.